The van der Waals surface area contributed by atoms with E-state index in [0.717, 1.165) is 12.3 Å². The zero-order valence-electron chi connectivity index (χ0n) is 21.2. The summed E-state index contributed by atoms with van der Waals surface area (Å²) in [6.07, 6.45) is 3.72. The Morgan fingerprint density at radius 1 is 0.829 bits per heavy atom. The molecular formula is C30H21ClN4O6. The second-order valence-electron chi connectivity index (χ2n) is 8.36. The molecule has 0 heterocycles. The van der Waals surface area contributed by atoms with Gasteiger partial charge in [-0.2, -0.15) is 5.10 Å². The number of hydrazone groups is 1. The largest absolute Gasteiger partial charge is 0.415 e. The second-order valence-corrected chi connectivity index (χ2v) is 8.79. The fraction of sp³-hybridized carbons (Fsp3) is 0. The molecule has 0 aliphatic carbocycles. The lowest BCUT2D eigenvalue weighted by atomic mass is 10.1. The summed E-state index contributed by atoms with van der Waals surface area (Å²) in [6.45, 7) is 0. The fourth-order valence-electron chi connectivity index (χ4n) is 3.49. The molecular weight excluding hydrogens is 548 g/mol. The summed E-state index contributed by atoms with van der Waals surface area (Å²) in [6, 6.07) is 25.5. The Labute approximate surface area is 239 Å². The van der Waals surface area contributed by atoms with Crippen molar-refractivity contribution < 1.29 is 24.0 Å². The van der Waals surface area contributed by atoms with E-state index in [1.807, 2.05) is 0 Å². The number of amides is 2. The minimum Gasteiger partial charge on any atom is -0.415 e. The van der Waals surface area contributed by atoms with Gasteiger partial charge < -0.3 is 10.1 Å². The number of anilines is 1. The van der Waals surface area contributed by atoms with E-state index in [4.69, 9.17) is 16.3 Å². The van der Waals surface area contributed by atoms with Gasteiger partial charge in [0.15, 0.2) is 0 Å². The average molecular weight is 569 g/mol. The summed E-state index contributed by atoms with van der Waals surface area (Å²) in [5.41, 5.74) is 3.86. The SMILES string of the molecule is O=C(/C=C/c1ccc(Cl)cc1)Oc1c(/C=N/NC(=O)c2ccc(NC(=O)c3ccccc3)cc2)cccc1[N+](=O)[O-]. The summed E-state index contributed by atoms with van der Waals surface area (Å²) in [5, 5.41) is 18.7. The number of nitro groups is 1. The first kappa shape index (κ1) is 28.4. The Morgan fingerprint density at radius 3 is 2.20 bits per heavy atom. The molecule has 0 saturated carbocycles. The smallest absolute Gasteiger partial charge is 0.336 e. The predicted octanol–water partition coefficient (Wildman–Crippen LogP) is 5.88. The first-order valence-corrected chi connectivity index (χ1v) is 12.4. The van der Waals surface area contributed by atoms with Gasteiger partial charge in [-0.3, -0.25) is 19.7 Å². The Balaban J connectivity index is 1.42. The quantitative estimate of drug-likeness (QED) is 0.0645. The molecule has 0 saturated heterocycles. The number of hydrogen-bond acceptors (Lipinski definition) is 7. The first-order chi connectivity index (χ1) is 19.8. The molecule has 2 N–H and O–H groups in total. The third-order valence-electron chi connectivity index (χ3n) is 5.52. The summed E-state index contributed by atoms with van der Waals surface area (Å²) < 4.78 is 5.27. The predicted molar refractivity (Wildman–Crippen MR) is 155 cm³/mol. The van der Waals surface area contributed by atoms with Crippen molar-refractivity contribution in [3.8, 4) is 5.75 Å². The number of nitrogens with zero attached hydrogens (tertiary/aromatic N) is 2. The molecule has 0 radical (unpaired) electrons. The molecule has 4 rings (SSSR count). The van der Waals surface area contributed by atoms with E-state index in [1.54, 1.807) is 66.7 Å². The van der Waals surface area contributed by atoms with Crippen LogP contribution in [0.25, 0.3) is 6.08 Å². The number of ether oxygens (including phenoxy) is 1. The highest BCUT2D eigenvalue weighted by Crippen LogP contribution is 2.30. The number of carbonyl (C=O) groups is 3. The van der Waals surface area contributed by atoms with Crippen molar-refractivity contribution in [1.82, 2.24) is 5.43 Å². The van der Waals surface area contributed by atoms with E-state index >= 15 is 0 Å². The second kappa shape index (κ2) is 13.5. The number of nitro benzene ring substituents is 1. The third kappa shape index (κ3) is 7.94. The van der Waals surface area contributed by atoms with Gasteiger partial charge in [-0.1, -0.05) is 48.0 Å². The van der Waals surface area contributed by atoms with Crippen molar-refractivity contribution in [1.29, 1.82) is 0 Å². The molecule has 204 valence electrons. The lowest BCUT2D eigenvalue weighted by Crippen LogP contribution is -2.18. The van der Waals surface area contributed by atoms with E-state index in [1.165, 1.54) is 36.4 Å². The number of carbonyl (C=O) groups excluding carboxylic acids is 3. The van der Waals surface area contributed by atoms with Crippen LogP contribution in [-0.2, 0) is 4.79 Å². The summed E-state index contributed by atoms with van der Waals surface area (Å²) >= 11 is 5.85. The monoisotopic (exact) mass is 568 g/mol. The van der Waals surface area contributed by atoms with Crippen LogP contribution in [-0.4, -0.2) is 28.9 Å². The summed E-state index contributed by atoms with van der Waals surface area (Å²) in [7, 11) is 0. The summed E-state index contributed by atoms with van der Waals surface area (Å²) in [4.78, 5) is 48.1. The average Bonchev–Trinajstić information content (AvgIpc) is 2.98. The van der Waals surface area contributed by atoms with Crippen LogP contribution in [0.5, 0.6) is 5.75 Å². The van der Waals surface area contributed by atoms with E-state index in [-0.39, 0.29) is 22.8 Å². The van der Waals surface area contributed by atoms with E-state index in [2.05, 4.69) is 15.8 Å². The number of rotatable bonds is 9. The number of hydrogen-bond donors (Lipinski definition) is 2. The van der Waals surface area contributed by atoms with Crippen LogP contribution >= 0.6 is 11.6 Å². The van der Waals surface area contributed by atoms with Crippen LogP contribution in [0.3, 0.4) is 0 Å². The Hall–Kier alpha value is -5.61. The molecule has 0 aromatic heterocycles. The summed E-state index contributed by atoms with van der Waals surface area (Å²) in [5.74, 6) is -2.05. The van der Waals surface area contributed by atoms with Crippen LogP contribution in [0.15, 0.2) is 108 Å². The highest BCUT2D eigenvalue weighted by molar-refractivity contribution is 6.30. The Kier molecular flexibility index (Phi) is 9.32. The van der Waals surface area contributed by atoms with Gasteiger partial charge in [0.1, 0.15) is 0 Å². The van der Waals surface area contributed by atoms with E-state index in [0.29, 0.717) is 21.8 Å². The maximum atomic E-state index is 12.5. The van der Waals surface area contributed by atoms with Gasteiger partial charge in [0.25, 0.3) is 11.8 Å². The van der Waals surface area contributed by atoms with Gasteiger partial charge in [-0.15, -0.1) is 0 Å². The molecule has 2 amide bonds. The van der Waals surface area contributed by atoms with Crippen molar-refractivity contribution in [3.63, 3.8) is 0 Å². The van der Waals surface area contributed by atoms with Gasteiger partial charge in [-0.05, 0) is 66.2 Å². The van der Waals surface area contributed by atoms with Gasteiger partial charge in [0.2, 0.25) is 5.75 Å². The molecule has 4 aromatic rings. The zero-order chi connectivity index (χ0) is 29.2. The number of benzene rings is 4. The molecule has 4 aromatic carbocycles. The fourth-order valence-corrected chi connectivity index (χ4v) is 3.62. The lowest BCUT2D eigenvalue weighted by Gasteiger charge is -2.07. The van der Waals surface area contributed by atoms with Crippen molar-refractivity contribution in [2.75, 3.05) is 5.32 Å². The minimum absolute atomic E-state index is 0.0896. The van der Waals surface area contributed by atoms with Gasteiger partial charge in [0, 0.05) is 39.5 Å². The van der Waals surface area contributed by atoms with Crippen molar-refractivity contribution in [2.45, 2.75) is 0 Å². The van der Waals surface area contributed by atoms with E-state index in [9.17, 15) is 24.5 Å². The van der Waals surface area contributed by atoms with Crippen LogP contribution in [0.1, 0.15) is 31.8 Å². The lowest BCUT2D eigenvalue weighted by molar-refractivity contribution is -0.385. The highest BCUT2D eigenvalue weighted by atomic mass is 35.5. The van der Waals surface area contributed by atoms with Gasteiger partial charge in [0.05, 0.1) is 11.1 Å². The van der Waals surface area contributed by atoms with Crippen molar-refractivity contribution in [3.05, 3.63) is 141 Å². The molecule has 41 heavy (non-hydrogen) atoms. The van der Waals surface area contributed by atoms with Gasteiger partial charge >= 0.3 is 11.7 Å². The Morgan fingerprint density at radius 2 is 1.51 bits per heavy atom. The normalized spacial score (nSPS) is 10.9. The van der Waals surface area contributed by atoms with Crippen molar-refractivity contribution in [2.24, 2.45) is 5.10 Å². The molecule has 0 atom stereocenters. The topological polar surface area (TPSA) is 140 Å². The van der Waals surface area contributed by atoms with Crippen LogP contribution in [0, 0.1) is 10.1 Å². The third-order valence-corrected chi connectivity index (χ3v) is 5.77. The number of nitrogens with one attached hydrogen (secondary N) is 2. The number of halogens is 1. The molecule has 11 heteroatoms. The van der Waals surface area contributed by atoms with Gasteiger partial charge in [-0.25, -0.2) is 10.2 Å². The maximum absolute atomic E-state index is 12.5. The van der Waals surface area contributed by atoms with E-state index < -0.39 is 22.5 Å². The molecule has 0 unspecified atom stereocenters. The number of esters is 1. The first-order valence-electron chi connectivity index (χ1n) is 12.0. The Bertz CT molecular complexity index is 1640. The molecule has 0 aliphatic heterocycles. The molecule has 0 bridgehead atoms. The standard InChI is InChI=1S/C30H21ClN4O6/c31-24-14-9-20(10-15-24)11-18-27(36)41-28-23(7-4-8-26(28)35(39)40)19-32-34-30(38)22-12-16-25(17-13-22)33-29(37)21-5-2-1-3-6-21/h1-19H,(H,33,37)(H,34,38)/b18-11+,32-19+. The number of para-hydroxylation sites is 1. The van der Waals surface area contributed by atoms with Crippen LogP contribution < -0.4 is 15.5 Å². The molecule has 0 fully saturated rings. The highest BCUT2D eigenvalue weighted by Gasteiger charge is 2.20. The molecule has 0 aliphatic rings. The molecule has 10 nitrogen and oxygen atoms in total. The zero-order valence-corrected chi connectivity index (χ0v) is 21.9. The van der Waals surface area contributed by atoms with Crippen LogP contribution in [0.4, 0.5) is 11.4 Å². The molecule has 0 spiro atoms. The van der Waals surface area contributed by atoms with Crippen LogP contribution in [0.2, 0.25) is 5.02 Å². The maximum Gasteiger partial charge on any atom is 0.336 e. The van der Waals surface area contributed by atoms with Crippen molar-refractivity contribution >= 4 is 53.0 Å². The minimum atomic E-state index is -0.854.